The first-order valence-corrected chi connectivity index (χ1v) is 8.73. The highest BCUT2D eigenvalue weighted by Gasteiger charge is 2.10. The molecule has 6 nitrogen and oxygen atoms in total. The predicted molar refractivity (Wildman–Crippen MR) is 101 cm³/mol. The number of likely N-dealkylation sites (N-methyl/N-ethyl adjacent to an activating group) is 1. The van der Waals surface area contributed by atoms with E-state index in [-0.39, 0.29) is 11.9 Å². The zero-order chi connectivity index (χ0) is 18.2. The molecule has 0 saturated heterocycles. The van der Waals surface area contributed by atoms with Crippen molar-refractivity contribution in [2.75, 3.05) is 38.5 Å². The Kier molecular flexibility index (Phi) is 7.01. The van der Waals surface area contributed by atoms with Gasteiger partial charge in [0.2, 0.25) is 0 Å². The van der Waals surface area contributed by atoms with Crippen molar-refractivity contribution in [3.8, 4) is 0 Å². The molecular formula is C19H28N4O2. The van der Waals surface area contributed by atoms with Gasteiger partial charge in [-0.25, -0.2) is 4.79 Å². The molecule has 0 spiro atoms. The van der Waals surface area contributed by atoms with E-state index in [1.807, 2.05) is 13.8 Å². The molecule has 1 heterocycles. The fourth-order valence-electron chi connectivity index (χ4n) is 2.45. The summed E-state index contributed by atoms with van der Waals surface area (Å²) in [6, 6.07) is 6.66. The number of hydrogen-bond acceptors (Lipinski definition) is 3. The molecule has 0 unspecified atom stereocenters. The van der Waals surface area contributed by atoms with Gasteiger partial charge in [0.05, 0.1) is 0 Å². The number of carbonyl (C=O) groups excluding carboxylic acids is 2. The molecule has 0 aliphatic carbocycles. The summed E-state index contributed by atoms with van der Waals surface area (Å²) in [7, 11) is 2.08. The Balaban J connectivity index is 1.78. The minimum Gasteiger partial charge on any atom is -0.352 e. The second-order valence-corrected chi connectivity index (χ2v) is 6.86. The van der Waals surface area contributed by atoms with Crippen LogP contribution in [0.3, 0.4) is 0 Å². The summed E-state index contributed by atoms with van der Waals surface area (Å²) >= 11 is 0. The van der Waals surface area contributed by atoms with Crippen molar-refractivity contribution >= 4 is 17.6 Å². The third kappa shape index (κ3) is 6.58. The van der Waals surface area contributed by atoms with Crippen molar-refractivity contribution in [2.24, 2.45) is 5.92 Å². The van der Waals surface area contributed by atoms with Crippen LogP contribution in [0.2, 0.25) is 0 Å². The molecule has 25 heavy (non-hydrogen) atoms. The van der Waals surface area contributed by atoms with Crippen LogP contribution in [-0.2, 0) is 0 Å². The van der Waals surface area contributed by atoms with E-state index in [1.165, 1.54) is 5.57 Å². The highest BCUT2D eigenvalue weighted by Crippen LogP contribution is 2.10. The van der Waals surface area contributed by atoms with Crippen molar-refractivity contribution in [1.29, 1.82) is 0 Å². The smallest absolute Gasteiger partial charge is 0.319 e. The first kappa shape index (κ1) is 19.0. The SMILES string of the molecule is CC(C)CNC(=O)c1ccc(NC(=O)NCC2=CCN(C)CC2)cc1. The van der Waals surface area contributed by atoms with Crippen LogP contribution in [0.4, 0.5) is 10.5 Å². The van der Waals surface area contributed by atoms with Crippen LogP contribution in [0.15, 0.2) is 35.9 Å². The number of rotatable bonds is 6. The van der Waals surface area contributed by atoms with E-state index in [9.17, 15) is 9.59 Å². The van der Waals surface area contributed by atoms with Crippen molar-refractivity contribution in [2.45, 2.75) is 20.3 Å². The summed E-state index contributed by atoms with van der Waals surface area (Å²) in [6.45, 7) is 7.26. The van der Waals surface area contributed by atoms with Gasteiger partial charge in [-0.05, 0) is 43.7 Å². The van der Waals surface area contributed by atoms with Crippen molar-refractivity contribution < 1.29 is 9.59 Å². The lowest BCUT2D eigenvalue weighted by Crippen LogP contribution is -2.33. The third-order valence-electron chi connectivity index (χ3n) is 4.06. The molecule has 0 radical (unpaired) electrons. The van der Waals surface area contributed by atoms with Crippen LogP contribution in [0.1, 0.15) is 30.6 Å². The van der Waals surface area contributed by atoms with Gasteiger partial charge < -0.3 is 20.9 Å². The van der Waals surface area contributed by atoms with Gasteiger partial charge in [0.15, 0.2) is 0 Å². The maximum atomic E-state index is 12.0. The summed E-state index contributed by atoms with van der Waals surface area (Å²) < 4.78 is 0. The fourth-order valence-corrected chi connectivity index (χ4v) is 2.45. The number of anilines is 1. The van der Waals surface area contributed by atoms with Crippen LogP contribution in [0.5, 0.6) is 0 Å². The van der Waals surface area contributed by atoms with Crippen LogP contribution in [-0.4, -0.2) is 50.1 Å². The number of urea groups is 1. The van der Waals surface area contributed by atoms with E-state index >= 15 is 0 Å². The minimum atomic E-state index is -0.239. The quantitative estimate of drug-likeness (QED) is 0.694. The molecule has 3 amide bonds. The van der Waals surface area contributed by atoms with E-state index in [4.69, 9.17) is 0 Å². The molecule has 2 rings (SSSR count). The molecule has 1 aromatic carbocycles. The number of hydrogen-bond donors (Lipinski definition) is 3. The molecule has 0 atom stereocenters. The largest absolute Gasteiger partial charge is 0.352 e. The molecule has 3 N–H and O–H groups in total. The lowest BCUT2D eigenvalue weighted by Gasteiger charge is -2.22. The van der Waals surface area contributed by atoms with Crippen molar-refractivity contribution in [3.05, 3.63) is 41.5 Å². The van der Waals surface area contributed by atoms with Gasteiger partial charge in [-0.2, -0.15) is 0 Å². The fraction of sp³-hybridized carbons (Fsp3) is 0.474. The molecule has 1 aliphatic rings. The standard InChI is InChI=1S/C19H28N4O2/c1-14(2)12-20-18(24)16-4-6-17(7-5-16)22-19(25)21-13-15-8-10-23(3)11-9-15/h4-8,14H,9-13H2,1-3H3,(H,20,24)(H2,21,22,25). The monoisotopic (exact) mass is 344 g/mol. The zero-order valence-corrected chi connectivity index (χ0v) is 15.3. The van der Waals surface area contributed by atoms with Crippen molar-refractivity contribution in [3.63, 3.8) is 0 Å². The molecule has 0 bridgehead atoms. The van der Waals surface area contributed by atoms with E-state index in [1.54, 1.807) is 24.3 Å². The molecule has 136 valence electrons. The van der Waals surface area contributed by atoms with E-state index < -0.39 is 0 Å². The Hall–Kier alpha value is -2.34. The molecule has 0 aromatic heterocycles. The number of carbonyl (C=O) groups is 2. The lowest BCUT2D eigenvalue weighted by molar-refractivity contribution is 0.0949. The molecule has 0 fully saturated rings. The number of amides is 3. The third-order valence-corrected chi connectivity index (χ3v) is 4.06. The summed E-state index contributed by atoms with van der Waals surface area (Å²) in [4.78, 5) is 26.2. The molecule has 1 aromatic rings. The van der Waals surface area contributed by atoms with Gasteiger partial charge in [0.25, 0.3) is 5.91 Å². The molecule has 6 heteroatoms. The highest BCUT2D eigenvalue weighted by atomic mass is 16.2. The maximum absolute atomic E-state index is 12.0. The Morgan fingerprint density at radius 3 is 2.48 bits per heavy atom. The van der Waals surface area contributed by atoms with E-state index in [2.05, 4.69) is 34.0 Å². The Labute approximate surface area is 149 Å². The second-order valence-electron chi connectivity index (χ2n) is 6.86. The van der Waals surface area contributed by atoms with Gasteiger partial charge in [0.1, 0.15) is 0 Å². The van der Waals surface area contributed by atoms with E-state index in [0.717, 1.165) is 19.5 Å². The second kappa shape index (κ2) is 9.22. The average Bonchev–Trinajstić information content (AvgIpc) is 2.60. The van der Waals surface area contributed by atoms with Gasteiger partial charge in [0, 0.05) is 37.4 Å². The van der Waals surface area contributed by atoms with Crippen LogP contribution < -0.4 is 16.0 Å². The van der Waals surface area contributed by atoms with Crippen LogP contribution in [0, 0.1) is 5.92 Å². The lowest BCUT2D eigenvalue weighted by atomic mass is 10.1. The van der Waals surface area contributed by atoms with Crippen molar-refractivity contribution in [1.82, 2.24) is 15.5 Å². The van der Waals surface area contributed by atoms with Gasteiger partial charge >= 0.3 is 6.03 Å². The summed E-state index contributed by atoms with van der Waals surface area (Å²) in [5, 5.41) is 8.53. The van der Waals surface area contributed by atoms with E-state index in [0.29, 0.717) is 30.3 Å². The highest BCUT2D eigenvalue weighted by molar-refractivity contribution is 5.95. The summed E-state index contributed by atoms with van der Waals surface area (Å²) in [5.41, 5.74) is 2.50. The van der Waals surface area contributed by atoms with Crippen LogP contribution in [0.25, 0.3) is 0 Å². The summed E-state index contributed by atoms with van der Waals surface area (Å²) in [5.74, 6) is 0.312. The Bertz CT molecular complexity index is 623. The van der Waals surface area contributed by atoms with Crippen LogP contribution >= 0.6 is 0 Å². The maximum Gasteiger partial charge on any atom is 0.319 e. The number of nitrogens with zero attached hydrogens (tertiary/aromatic N) is 1. The first-order valence-electron chi connectivity index (χ1n) is 8.73. The molecule has 1 aliphatic heterocycles. The molecular weight excluding hydrogens is 316 g/mol. The number of nitrogens with one attached hydrogen (secondary N) is 3. The minimum absolute atomic E-state index is 0.0982. The predicted octanol–water partition coefficient (Wildman–Crippen LogP) is 2.46. The average molecular weight is 344 g/mol. The zero-order valence-electron chi connectivity index (χ0n) is 15.3. The van der Waals surface area contributed by atoms with Gasteiger partial charge in [-0.1, -0.05) is 25.5 Å². The topological polar surface area (TPSA) is 73.5 Å². The molecule has 0 saturated carbocycles. The van der Waals surface area contributed by atoms with Gasteiger partial charge in [-0.3, -0.25) is 4.79 Å². The normalized spacial score (nSPS) is 14.8. The Morgan fingerprint density at radius 2 is 1.88 bits per heavy atom. The van der Waals surface area contributed by atoms with Gasteiger partial charge in [-0.15, -0.1) is 0 Å². The summed E-state index contributed by atoms with van der Waals surface area (Å²) in [6.07, 6.45) is 3.14. The Morgan fingerprint density at radius 1 is 1.16 bits per heavy atom. The number of benzene rings is 1. The first-order chi connectivity index (χ1) is 11.9.